The van der Waals surface area contributed by atoms with E-state index >= 15 is 0 Å². The molecule has 4 aromatic carbocycles. The number of aromatic nitrogens is 1. The number of hydrogen-bond acceptors (Lipinski definition) is 4. The van der Waals surface area contributed by atoms with Gasteiger partial charge in [-0.2, -0.15) is 5.10 Å². The van der Waals surface area contributed by atoms with E-state index in [-0.39, 0.29) is 12.3 Å². The van der Waals surface area contributed by atoms with Crippen LogP contribution in [0.3, 0.4) is 0 Å². The molecule has 0 saturated heterocycles. The highest BCUT2D eigenvalue weighted by Crippen LogP contribution is 2.42. The molecule has 0 aliphatic heterocycles. The van der Waals surface area contributed by atoms with Crippen molar-refractivity contribution in [2.75, 3.05) is 14.2 Å². The van der Waals surface area contributed by atoms with Crippen molar-refractivity contribution in [2.45, 2.75) is 19.9 Å². The van der Waals surface area contributed by atoms with Crippen molar-refractivity contribution in [3.8, 4) is 33.9 Å². The smallest absolute Gasteiger partial charge is 0.241 e. The van der Waals surface area contributed by atoms with Crippen LogP contribution < -0.4 is 14.9 Å². The van der Waals surface area contributed by atoms with E-state index in [0.29, 0.717) is 23.6 Å². The predicted molar refractivity (Wildman–Crippen MR) is 157 cm³/mol. The summed E-state index contributed by atoms with van der Waals surface area (Å²) in [5.74, 6) is 1.15. The van der Waals surface area contributed by atoms with Crippen molar-refractivity contribution in [1.82, 2.24) is 9.99 Å². The zero-order valence-corrected chi connectivity index (χ0v) is 22.3. The molecule has 1 aromatic heterocycles. The average Bonchev–Trinajstić information content (AvgIpc) is 3.32. The minimum absolute atomic E-state index is 0.177. The summed E-state index contributed by atoms with van der Waals surface area (Å²) in [6, 6.07) is 32.6. The summed E-state index contributed by atoms with van der Waals surface area (Å²) < 4.78 is 13.0. The Labute approximate surface area is 228 Å². The lowest BCUT2D eigenvalue weighted by Crippen LogP contribution is -2.19. The Morgan fingerprint density at radius 3 is 2.28 bits per heavy atom. The Morgan fingerprint density at radius 1 is 0.872 bits per heavy atom. The number of hydrogen-bond donors (Lipinski definition) is 1. The van der Waals surface area contributed by atoms with Crippen LogP contribution in [0.15, 0.2) is 102 Å². The molecular weight excluding hydrogens is 486 g/mol. The molecule has 1 N–H and O–H groups in total. The van der Waals surface area contributed by atoms with Crippen LogP contribution in [0.2, 0.25) is 0 Å². The van der Waals surface area contributed by atoms with Gasteiger partial charge in [0.1, 0.15) is 11.5 Å². The molecule has 196 valence electrons. The average molecular weight is 518 g/mol. The lowest BCUT2D eigenvalue weighted by atomic mass is 9.98. The maximum absolute atomic E-state index is 12.9. The van der Waals surface area contributed by atoms with E-state index in [1.54, 1.807) is 32.6 Å². The van der Waals surface area contributed by atoms with Gasteiger partial charge in [0.2, 0.25) is 5.91 Å². The Bertz CT molecular complexity index is 1620. The summed E-state index contributed by atoms with van der Waals surface area (Å²) in [7, 11) is 3.19. The van der Waals surface area contributed by atoms with Crippen LogP contribution in [0.5, 0.6) is 11.5 Å². The fourth-order valence-electron chi connectivity index (χ4n) is 4.99. The van der Waals surface area contributed by atoms with E-state index in [1.807, 2.05) is 30.3 Å². The third-order valence-electron chi connectivity index (χ3n) is 6.79. The zero-order valence-electron chi connectivity index (χ0n) is 22.3. The van der Waals surface area contributed by atoms with Gasteiger partial charge in [0.25, 0.3) is 0 Å². The highest BCUT2D eigenvalue weighted by Gasteiger charge is 2.21. The summed E-state index contributed by atoms with van der Waals surface area (Å²) in [5.41, 5.74) is 10.2. The van der Waals surface area contributed by atoms with Crippen LogP contribution in [0.1, 0.15) is 17.5 Å². The Kier molecular flexibility index (Phi) is 7.73. The molecule has 0 aliphatic carbocycles. The molecule has 1 heterocycles. The molecular formula is C33H31N3O3. The highest BCUT2D eigenvalue weighted by atomic mass is 16.5. The third kappa shape index (κ3) is 5.41. The van der Waals surface area contributed by atoms with Gasteiger partial charge in [-0.3, -0.25) is 4.79 Å². The summed E-state index contributed by atoms with van der Waals surface area (Å²) >= 11 is 0. The molecule has 5 aromatic rings. The number of carbonyl (C=O) groups is 1. The summed E-state index contributed by atoms with van der Waals surface area (Å²) in [6.07, 6.45) is 1.83. The molecule has 0 radical (unpaired) electrons. The number of fused-ring (bicyclic) bond motifs is 1. The van der Waals surface area contributed by atoms with Crippen LogP contribution in [-0.2, 0) is 11.3 Å². The lowest BCUT2D eigenvalue weighted by molar-refractivity contribution is -0.121. The topological polar surface area (TPSA) is 64.8 Å². The first-order valence-electron chi connectivity index (χ1n) is 12.9. The van der Waals surface area contributed by atoms with Gasteiger partial charge in [0.05, 0.1) is 31.6 Å². The number of rotatable bonds is 9. The van der Waals surface area contributed by atoms with Gasteiger partial charge in [0.15, 0.2) is 0 Å². The maximum Gasteiger partial charge on any atom is 0.241 e. The maximum atomic E-state index is 12.9. The van der Waals surface area contributed by atoms with Gasteiger partial charge in [-0.1, -0.05) is 78.9 Å². The number of ether oxygens (including phenoxy) is 2. The van der Waals surface area contributed by atoms with Gasteiger partial charge in [-0.05, 0) is 41.8 Å². The number of hydrazone groups is 1. The van der Waals surface area contributed by atoms with Crippen LogP contribution in [0.4, 0.5) is 0 Å². The van der Waals surface area contributed by atoms with Gasteiger partial charge in [0, 0.05) is 29.5 Å². The standard InChI is InChI=1S/C33H31N3O3/c1-23-11-10-16-28-31(24-12-6-4-7-13-24)33(25-14-8-5-9-15-25)36(32(23)28)20-19-30(37)35-34-22-26-21-27(38-2)17-18-29(26)39-3/h4-18,21-22H,19-20H2,1-3H3,(H,35,37)/b34-22-. The van der Waals surface area contributed by atoms with Crippen LogP contribution in [0, 0.1) is 6.92 Å². The second kappa shape index (κ2) is 11.7. The number of para-hydroxylation sites is 1. The molecule has 1 amide bonds. The molecule has 0 saturated carbocycles. The molecule has 0 spiro atoms. The van der Waals surface area contributed by atoms with Gasteiger partial charge < -0.3 is 14.0 Å². The summed E-state index contributed by atoms with van der Waals surface area (Å²) in [5, 5.41) is 5.35. The Morgan fingerprint density at radius 2 is 1.59 bits per heavy atom. The molecule has 0 aliphatic rings. The molecule has 6 heteroatoms. The van der Waals surface area contributed by atoms with E-state index in [1.165, 1.54) is 10.9 Å². The van der Waals surface area contributed by atoms with Crippen molar-refractivity contribution in [2.24, 2.45) is 5.10 Å². The van der Waals surface area contributed by atoms with E-state index < -0.39 is 0 Å². The van der Waals surface area contributed by atoms with Crippen LogP contribution in [0.25, 0.3) is 33.3 Å². The van der Waals surface area contributed by atoms with Crippen molar-refractivity contribution in [3.05, 3.63) is 108 Å². The zero-order chi connectivity index (χ0) is 27.2. The number of benzene rings is 4. The second-order valence-electron chi connectivity index (χ2n) is 9.23. The number of amides is 1. The first-order chi connectivity index (χ1) is 19.1. The molecule has 0 bridgehead atoms. The van der Waals surface area contributed by atoms with Crippen molar-refractivity contribution >= 4 is 23.0 Å². The monoisotopic (exact) mass is 517 g/mol. The number of nitrogens with zero attached hydrogens (tertiary/aromatic N) is 2. The minimum atomic E-state index is -0.177. The van der Waals surface area contributed by atoms with Crippen molar-refractivity contribution in [1.29, 1.82) is 0 Å². The molecule has 0 fully saturated rings. The largest absolute Gasteiger partial charge is 0.497 e. The molecule has 0 atom stereocenters. The first-order valence-corrected chi connectivity index (χ1v) is 12.9. The molecule has 0 unspecified atom stereocenters. The Hall–Kier alpha value is -4.84. The molecule has 5 rings (SSSR count). The first kappa shape index (κ1) is 25.8. The van der Waals surface area contributed by atoms with Crippen molar-refractivity contribution in [3.63, 3.8) is 0 Å². The normalized spacial score (nSPS) is 11.2. The minimum Gasteiger partial charge on any atom is -0.497 e. The predicted octanol–water partition coefficient (Wildman–Crippen LogP) is 6.84. The SMILES string of the molecule is COc1ccc(OC)c(/C=N\NC(=O)CCn2c(-c3ccccc3)c(-c3ccccc3)c3cccc(C)c32)c1. The third-order valence-corrected chi connectivity index (χ3v) is 6.79. The number of aryl methyl sites for hydroxylation is 2. The number of carbonyl (C=O) groups excluding carboxylic acids is 1. The van der Waals surface area contributed by atoms with E-state index in [4.69, 9.17) is 9.47 Å². The van der Waals surface area contributed by atoms with E-state index in [9.17, 15) is 4.79 Å². The van der Waals surface area contributed by atoms with Crippen molar-refractivity contribution < 1.29 is 14.3 Å². The van der Waals surface area contributed by atoms with Gasteiger partial charge in [-0.25, -0.2) is 5.43 Å². The second-order valence-corrected chi connectivity index (χ2v) is 9.23. The van der Waals surface area contributed by atoms with Crippen LogP contribution >= 0.6 is 0 Å². The summed E-state index contributed by atoms with van der Waals surface area (Å²) in [4.78, 5) is 12.9. The molecule has 39 heavy (non-hydrogen) atoms. The van der Waals surface area contributed by atoms with Gasteiger partial charge in [-0.15, -0.1) is 0 Å². The summed E-state index contributed by atoms with van der Waals surface area (Å²) in [6.45, 7) is 2.62. The lowest BCUT2D eigenvalue weighted by Gasteiger charge is -2.13. The fraction of sp³-hybridized carbons (Fsp3) is 0.152. The van der Waals surface area contributed by atoms with E-state index in [0.717, 1.165) is 27.9 Å². The van der Waals surface area contributed by atoms with Crippen LogP contribution in [-0.4, -0.2) is 30.9 Å². The quantitative estimate of drug-likeness (QED) is 0.172. The number of methoxy groups -OCH3 is 2. The number of nitrogens with one attached hydrogen (secondary N) is 1. The highest BCUT2D eigenvalue weighted by molar-refractivity contribution is 6.05. The molecule has 6 nitrogen and oxygen atoms in total. The fourth-order valence-corrected chi connectivity index (χ4v) is 4.99. The Balaban J connectivity index is 1.47. The van der Waals surface area contributed by atoms with Gasteiger partial charge >= 0.3 is 0 Å². The van der Waals surface area contributed by atoms with E-state index in [2.05, 4.69) is 76.6 Å².